The summed E-state index contributed by atoms with van der Waals surface area (Å²) >= 11 is 0. The van der Waals surface area contributed by atoms with Crippen molar-refractivity contribution in [2.75, 3.05) is 26.2 Å². The molecule has 6 heteroatoms. The van der Waals surface area contributed by atoms with E-state index in [1.54, 1.807) is 0 Å². The van der Waals surface area contributed by atoms with Crippen LogP contribution in [0.4, 0.5) is 0 Å². The molecule has 0 radical (unpaired) electrons. The normalized spacial score (nSPS) is 13.0. The molecule has 0 aromatic carbocycles. The van der Waals surface area contributed by atoms with Gasteiger partial charge in [0.1, 0.15) is 0 Å². The number of rotatable bonds is 11. The molecule has 110 valence electrons. The Hall–Kier alpha value is -0.240. The van der Waals surface area contributed by atoms with Gasteiger partial charge in [0, 0.05) is 5.41 Å². The minimum Gasteiger partial charge on any atom is -0.330 e. The highest BCUT2D eigenvalue weighted by atomic mass is 15.0. The van der Waals surface area contributed by atoms with Crippen molar-refractivity contribution in [1.82, 2.24) is 0 Å². The molecule has 0 unspecified atom stereocenters. The molecule has 6 nitrogen and oxygen atoms in total. The molecule has 0 bridgehead atoms. The van der Waals surface area contributed by atoms with Crippen molar-refractivity contribution in [1.29, 1.82) is 0 Å². The van der Waals surface area contributed by atoms with E-state index in [9.17, 15) is 0 Å². The summed E-state index contributed by atoms with van der Waals surface area (Å²) in [5.41, 5.74) is 34.2. The van der Waals surface area contributed by atoms with Crippen molar-refractivity contribution in [3.63, 3.8) is 0 Å². The minimum atomic E-state index is -0.810. The van der Waals surface area contributed by atoms with E-state index in [1.165, 1.54) is 0 Å². The number of unbranched alkanes of at least 4 members (excludes halogenated alkanes) is 1. The Morgan fingerprint density at radius 2 is 1.06 bits per heavy atom. The summed E-state index contributed by atoms with van der Waals surface area (Å²) in [5.74, 6) is 0. The predicted octanol–water partition coefficient (Wildman–Crippen LogP) is -1.24. The average Bonchev–Trinajstić information content (AvgIpc) is 2.29. The van der Waals surface area contributed by atoms with Crippen LogP contribution < -0.4 is 34.4 Å². The summed E-state index contributed by atoms with van der Waals surface area (Å²) in [5, 5.41) is 0. The van der Waals surface area contributed by atoms with Crippen LogP contribution in [-0.2, 0) is 0 Å². The van der Waals surface area contributed by atoms with Crippen LogP contribution in [0.15, 0.2) is 0 Å². The molecule has 0 saturated carbocycles. The van der Waals surface area contributed by atoms with Crippen LogP contribution in [-0.4, -0.2) is 31.8 Å². The standard InChI is InChI=1S/C12H32N6/c13-7-2-1-3-11(4-8-14,5-9-15)12(17,18)6-10-16/h1-10,13-18H2. The molecule has 0 rings (SSSR count). The van der Waals surface area contributed by atoms with Crippen LogP contribution in [0.3, 0.4) is 0 Å². The molecule has 0 spiro atoms. The highest BCUT2D eigenvalue weighted by Crippen LogP contribution is 2.40. The zero-order chi connectivity index (χ0) is 14.1. The van der Waals surface area contributed by atoms with Gasteiger partial charge in [0.15, 0.2) is 0 Å². The van der Waals surface area contributed by atoms with Gasteiger partial charge in [-0.05, 0) is 58.3 Å². The fourth-order valence-electron chi connectivity index (χ4n) is 2.74. The Bertz CT molecular complexity index is 201. The first-order valence-corrected chi connectivity index (χ1v) is 6.87. The molecule has 0 aliphatic rings. The third kappa shape index (κ3) is 4.79. The van der Waals surface area contributed by atoms with E-state index in [2.05, 4.69) is 0 Å². The maximum atomic E-state index is 6.32. The highest BCUT2D eigenvalue weighted by molar-refractivity contribution is 4.99. The first-order chi connectivity index (χ1) is 8.49. The molecule has 0 heterocycles. The second-order valence-electron chi connectivity index (χ2n) is 5.18. The van der Waals surface area contributed by atoms with Crippen molar-refractivity contribution in [2.45, 2.75) is 44.2 Å². The van der Waals surface area contributed by atoms with E-state index >= 15 is 0 Å². The van der Waals surface area contributed by atoms with Gasteiger partial charge in [-0.3, -0.25) is 0 Å². The number of hydrogen-bond donors (Lipinski definition) is 6. The van der Waals surface area contributed by atoms with Gasteiger partial charge in [0.2, 0.25) is 0 Å². The molecular formula is C12H32N6. The minimum absolute atomic E-state index is 0.231. The van der Waals surface area contributed by atoms with E-state index in [4.69, 9.17) is 34.4 Å². The van der Waals surface area contributed by atoms with Crippen molar-refractivity contribution in [3.05, 3.63) is 0 Å². The van der Waals surface area contributed by atoms with Gasteiger partial charge in [0.25, 0.3) is 0 Å². The van der Waals surface area contributed by atoms with Gasteiger partial charge < -0.3 is 34.4 Å². The third-order valence-electron chi connectivity index (χ3n) is 3.90. The summed E-state index contributed by atoms with van der Waals surface area (Å²) in [6.45, 7) is 2.27. The second kappa shape index (κ2) is 8.79. The van der Waals surface area contributed by atoms with Gasteiger partial charge in [-0.15, -0.1) is 0 Å². The molecule has 0 aromatic rings. The van der Waals surface area contributed by atoms with Gasteiger partial charge in [-0.1, -0.05) is 6.42 Å². The monoisotopic (exact) mass is 260 g/mol. The summed E-state index contributed by atoms with van der Waals surface area (Å²) < 4.78 is 0. The van der Waals surface area contributed by atoms with E-state index in [0.717, 1.165) is 32.1 Å². The largest absolute Gasteiger partial charge is 0.330 e. The Kier molecular flexibility index (Phi) is 8.67. The van der Waals surface area contributed by atoms with E-state index in [1.807, 2.05) is 0 Å². The van der Waals surface area contributed by atoms with Crippen LogP contribution in [0.5, 0.6) is 0 Å². The smallest absolute Gasteiger partial charge is 0.0707 e. The van der Waals surface area contributed by atoms with Crippen molar-refractivity contribution >= 4 is 0 Å². The Labute approximate surface area is 111 Å². The highest BCUT2D eigenvalue weighted by Gasteiger charge is 2.43. The lowest BCUT2D eigenvalue weighted by Crippen LogP contribution is -2.64. The van der Waals surface area contributed by atoms with Crippen LogP contribution in [0.2, 0.25) is 0 Å². The topological polar surface area (TPSA) is 156 Å². The van der Waals surface area contributed by atoms with Gasteiger partial charge in [-0.2, -0.15) is 0 Å². The van der Waals surface area contributed by atoms with Crippen LogP contribution >= 0.6 is 0 Å². The Balaban J connectivity index is 4.92. The van der Waals surface area contributed by atoms with Crippen LogP contribution in [0.1, 0.15) is 38.5 Å². The lowest BCUT2D eigenvalue weighted by Gasteiger charge is -2.47. The van der Waals surface area contributed by atoms with Crippen molar-refractivity contribution < 1.29 is 0 Å². The molecule has 0 fully saturated rings. The van der Waals surface area contributed by atoms with Crippen LogP contribution in [0.25, 0.3) is 0 Å². The van der Waals surface area contributed by atoms with Crippen molar-refractivity contribution in [2.24, 2.45) is 39.8 Å². The van der Waals surface area contributed by atoms with Gasteiger partial charge >= 0.3 is 0 Å². The Morgan fingerprint density at radius 3 is 1.44 bits per heavy atom. The lowest BCUT2D eigenvalue weighted by molar-refractivity contribution is 0.0807. The van der Waals surface area contributed by atoms with E-state index in [0.29, 0.717) is 32.6 Å². The first-order valence-electron chi connectivity index (χ1n) is 6.87. The molecule has 18 heavy (non-hydrogen) atoms. The molecule has 0 aromatic heterocycles. The maximum absolute atomic E-state index is 6.32. The fourth-order valence-corrected chi connectivity index (χ4v) is 2.74. The summed E-state index contributed by atoms with van der Waals surface area (Å²) in [7, 11) is 0. The summed E-state index contributed by atoms with van der Waals surface area (Å²) in [6.07, 6.45) is 5.01. The van der Waals surface area contributed by atoms with E-state index in [-0.39, 0.29) is 5.41 Å². The van der Waals surface area contributed by atoms with Gasteiger partial charge in [-0.25, -0.2) is 0 Å². The summed E-state index contributed by atoms with van der Waals surface area (Å²) in [4.78, 5) is 0. The van der Waals surface area contributed by atoms with Gasteiger partial charge in [0.05, 0.1) is 5.66 Å². The summed E-state index contributed by atoms with van der Waals surface area (Å²) in [6, 6.07) is 0. The Morgan fingerprint density at radius 1 is 0.556 bits per heavy atom. The average molecular weight is 260 g/mol. The van der Waals surface area contributed by atoms with Crippen LogP contribution in [0, 0.1) is 5.41 Å². The molecule has 12 N–H and O–H groups in total. The fraction of sp³-hybridized carbons (Fsp3) is 1.00. The van der Waals surface area contributed by atoms with Crippen molar-refractivity contribution in [3.8, 4) is 0 Å². The molecule has 0 saturated heterocycles. The molecule has 0 atom stereocenters. The predicted molar refractivity (Wildman–Crippen MR) is 77.5 cm³/mol. The SMILES string of the molecule is NCCCCC(CCN)(CCN)C(N)(N)CCN. The molecule has 0 aliphatic heterocycles. The lowest BCUT2D eigenvalue weighted by atomic mass is 9.66. The number of hydrogen-bond acceptors (Lipinski definition) is 6. The zero-order valence-corrected chi connectivity index (χ0v) is 11.5. The quantitative estimate of drug-likeness (QED) is 0.201. The number of nitrogens with two attached hydrogens (primary N) is 6. The maximum Gasteiger partial charge on any atom is 0.0707 e. The third-order valence-corrected chi connectivity index (χ3v) is 3.90. The zero-order valence-electron chi connectivity index (χ0n) is 11.5. The van der Waals surface area contributed by atoms with E-state index < -0.39 is 5.66 Å². The molecular weight excluding hydrogens is 228 g/mol. The molecule has 0 aliphatic carbocycles. The first kappa shape index (κ1) is 17.8. The molecule has 0 amide bonds. The second-order valence-corrected chi connectivity index (χ2v) is 5.18.